The maximum absolute atomic E-state index is 13.6. The van der Waals surface area contributed by atoms with Crippen molar-refractivity contribution >= 4 is 12.0 Å². The molecule has 0 amide bonds. The number of hydrogen-bond donors (Lipinski definition) is 1. The van der Waals surface area contributed by atoms with Crippen LogP contribution in [0.4, 0.5) is 10.1 Å². The lowest BCUT2D eigenvalue weighted by Gasteiger charge is -2.29. The Labute approximate surface area is 87.9 Å². The van der Waals surface area contributed by atoms with Crippen LogP contribution in [0.3, 0.4) is 0 Å². The first-order chi connectivity index (χ1) is 7.31. The summed E-state index contributed by atoms with van der Waals surface area (Å²) in [5.41, 5.74) is 0.966. The van der Waals surface area contributed by atoms with E-state index < -0.39 is 0 Å². The van der Waals surface area contributed by atoms with E-state index in [0.717, 1.165) is 26.2 Å². The Kier molecular flexibility index (Phi) is 2.97. The number of benzene rings is 1. The molecule has 1 aromatic carbocycles. The largest absolute Gasteiger partial charge is 0.367 e. The summed E-state index contributed by atoms with van der Waals surface area (Å²) in [5, 5.41) is 3.21. The van der Waals surface area contributed by atoms with Gasteiger partial charge in [-0.15, -0.1) is 0 Å². The van der Waals surface area contributed by atoms with Crippen molar-refractivity contribution in [1.82, 2.24) is 5.32 Å². The molecule has 1 saturated heterocycles. The van der Waals surface area contributed by atoms with Gasteiger partial charge in [-0.2, -0.15) is 0 Å². The summed E-state index contributed by atoms with van der Waals surface area (Å²) in [6, 6.07) is 4.60. The third kappa shape index (κ3) is 2.15. The number of piperazine rings is 1. The number of hydrogen-bond acceptors (Lipinski definition) is 3. The number of nitrogens with zero attached hydrogens (tertiary/aromatic N) is 1. The molecule has 1 aromatic rings. The fraction of sp³-hybridized carbons (Fsp3) is 0.364. The molecule has 0 bridgehead atoms. The Morgan fingerprint density at radius 3 is 2.67 bits per heavy atom. The van der Waals surface area contributed by atoms with Gasteiger partial charge in [0.15, 0.2) is 0 Å². The molecule has 15 heavy (non-hydrogen) atoms. The van der Waals surface area contributed by atoms with Crippen LogP contribution in [0.25, 0.3) is 0 Å². The van der Waals surface area contributed by atoms with Gasteiger partial charge in [0.2, 0.25) is 0 Å². The van der Waals surface area contributed by atoms with Gasteiger partial charge >= 0.3 is 0 Å². The molecule has 0 aliphatic carbocycles. The van der Waals surface area contributed by atoms with Gasteiger partial charge in [0.1, 0.15) is 12.1 Å². The fourth-order valence-electron chi connectivity index (χ4n) is 1.76. The molecule has 0 atom stereocenters. The smallest absolute Gasteiger partial charge is 0.150 e. The molecule has 2 rings (SSSR count). The maximum atomic E-state index is 13.6. The number of nitrogens with one attached hydrogen (secondary N) is 1. The van der Waals surface area contributed by atoms with Gasteiger partial charge in [-0.1, -0.05) is 0 Å². The lowest BCUT2D eigenvalue weighted by molar-refractivity contribution is 0.112. The molecule has 3 nitrogen and oxygen atoms in total. The third-order valence-corrected chi connectivity index (χ3v) is 2.57. The normalized spacial score (nSPS) is 16.5. The molecular formula is C11H13FN2O. The Hall–Kier alpha value is -1.42. The highest BCUT2D eigenvalue weighted by molar-refractivity contribution is 5.76. The number of carbonyl (C=O) groups excluding carboxylic acids is 1. The van der Waals surface area contributed by atoms with Gasteiger partial charge in [-0.25, -0.2) is 4.39 Å². The molecule has 1 fully saturated rings. The summed E-state index contributed by atoms with van der Waals surface area (Å²) in [6.07, 6.45) is 0.657. The molecule has 80 valence electrons. The highest BCUT2D eigenvalue weighted by Gasteiger charge is 2.14. The average Bonchev–Trinajstić information content (AvgIpc) is 2.30. The van der Waals surface area contributed by atoms with E-state index in [4.69, 9.17) is 0 Å². The molecule has 1 aliphatic heterocycles. The van der Waals surface area contributed by atoms with E-state index in [0.29, 0.717) is 17.5 Å². The Morgan fingerprint density at radius 1 is 1.33 bits per heavy atom. The molecule has 0 spiro atoms. The molecule has 1 heterocycles. The topological polar surface area (TPSA) is 32.3 Å². The van der Waals surface area contributed by atoms with Crippen molar-refractivity contribution in [1.29, 1.82) is 0 Å². The second-order valence-electron chi connectivity index (χ2n) is 3.57. The average molecular weight is 208 g/mol. The zero-order valence-corrected chi connectivity index (χ0v) is 8.37. The first-order valence-corrected chi connectivity index (χ1v) is 5.01. The van der Waals surface area contributed by atoms with Gasteiger partial charge in [-0.3, -0.25) is 4.79 Å². The van der Waals surface area contributed by atoms with E-state index in [-0.39, 0.29) is 5.82 Å². The highest BCUT2D eigenvalue weighted by Crippen LogP contribution is 2.20. The Bertz CT molecular complexity index is 362. The number of anilines is 1. The molecule has 0 saturated carbocycles. The van der Waals surface area contributed by atoms with Crippen LogP contribution in [0.5, 0.6) is 0 Å². The summed E-state index contributed by atoms with van der Waals surface area (Å²) in [7, 11) is 0. The van der Waals surface area contributed by atoms with Crippen LogP contribution in [0.1, 0.15) is 10.4 Å². The summed E-state index contributed by atoms with van der Waals surface area (Å²) in [4.78, 5) is 12.4. The number of rotatable bonds is 2. The molecular weight excluding hydrogens is 195 g/mol. The first-order valence-electron chi connectivity index (χ1n) is 5.01. The molecule has 4 heteroatoms. The number of aldehydes is 1. The van der Waals surface area contributed by atoms with Crippen LogP contribution < -0.4 is 10.2 Å². The van der Waals surface area contributed by atoms with Crippen LogP contribution in [0, 0.1) is 5.82 Å². The predicted molar refractivity (Wildman–Crippen MR) is 56.9 cm³/mol. The molecule has 0 unspecified atom stereocenters. The molecule has 0 aromatic heterocycles. The SMILES string of the molecule is O=Cc1ccc(N2CCNCC2)c(F)c1. The maximum Gasteiger partial charge on any atom is 0.150 e. The molecule has 1 aliphatic rings. The number of carbonyl (C=O) groups is 1. The van der Waals surface area contributed by atoms with Crippen molar-refractivity contribution in [3.05, 3.63) is 29.6 Å². The minimum Gasteiger partial charge on any atom is -0.367 e. The van der Waals surface area contributed by atoms with Crippen molar-refractivity contribution in [2.45, 2.75) is 0 Å². The molecule has 0 radical (unpaired) electrons. The van der Waals surface area contributed by atoms with Crippen LogP contribution in [-0.4, -0.2) is 32.5 Å². The number of halogens is 1. The first kappa shape index (κ1) is 10.1. The summed E-state index contributed by atoms with van der Waals surface area (Å²) in [5.74, 6) is -0.318. The van der Waals surface area contributed by atoms with Gasteiger partial charge in [0.25, 0.3) is 0 Å². The summed E-state index contributed by atoms with van der Waals surface area (Å²) < 4.78 is 13.6. The van der Waals surface area contributed by atoms with Gasteiger partial charge in [0.05, 0.1) is 5.69 Å². The van der Waals surface area contributed by atoms with E-state index >= 15 is 0 Å². The Morgan fingerprint density at radius 2 is 2.07 bits per heavy atom. The minimum atomic E-state index is -0.318. The van der Waals surface area contributed by atoms with Crippen molar-refractivity contribution < 1.29 is 9.18 Å². The predicted octanol–water partition coefficient (Wildman–Crippen LogP) is 1.05. The minimum absolute atomic E-state index is 0.318. The lowest BCUT2D eigenvalue weighted by atomic mass is 10.2. The summed E-state index contributed by atoms with van der Waals surface area (Å²) >= 11 is 0. The zero-order chi connectivity index (χ0) is 10.7. The van der Waals surface area contributed by atoms with Gasteiger partial charge < -0.3 is 10.2 Å². The van der Waals surface area contributed by atoms with Crippen LogP contribution >= 0.6 is 0 Å². The van der Waals surface area contributed by atoms with Gasteiger partial charge in [-0.05, 0) is 18.2 Å². The second-order valence-corrected chi connectivity index (χ2v) is 3.57. The fourth-order valence-corrected chi connectivity index (χ4v) is 1.76. The van der Waals surface area contributed by atoms with Crippen molar-refractivity contribution in [3.8, 4) is 0 Å². The Balaban J connectivity index is 2.23. The highest BCUT2D eigenvalue weighted by atomic mass is 19.1. The quantitative estimate of drug-likeness (QED) is 0.737. The van der Waals surface area contributed by atoms with Crippen molar-refractivity contribution in [3.63, 3.8) is 0 Å². The van der Waals surface area contributed by atoms with E-state index in [2.05, 4.69) is 5.32 Å². The van der Waals surface area contributed by atoms with Crippen LogP contribution in [-0.2, 0) is 0 Å². The lowest BCUT2D eigenvalue weighted by Crippen LogP contribution is -2.43. The van der Waals surface area contributed by atoms with Gasteiger partial charge in [0, 0.05) is 31.7 Å². The van der Waals surface area contributed by atoms with Crippen LogP contribution in [0.15, 0.2) is 18.2 Å². The van der Waals surface area contributed by atoms with Crippen LogP contribution in [0.2, 0.25) is 0 Å². The van der Waals surface area contributed by atoms with E-state index in [9.17, 15) is 9.18 Å². The van der Waals surface area contributed by atoms with E-state index in [1.54, 1.807) is 12.1 Å². The monoisotopic (exact) mass is 208 g/mol. The zero-order valence-electron chi connectivity index (χ0n) is 8.37. The van der Waals surface area contributed by atoms with Crippen molar-refractivity contribution in [2.24, 2.45) is 0 Å². The van der Waals surface area contributed by atoms with E-state index in [1.807, 2.05) is 4.90 Å². The summed E-state index contributed by atoms with van der Waals surface area (Å²) in [6.45, 7) is 3.35. The van der Waals surface area contributed by atoms with Crippen molar-refractivity contribution in [2.75, 3.05) is 31.1 Å². The third-order valence-electron chi connectivity index (χ3n) is 2.57. The van der Waals surface area contributed by atoms with E-state index in [1.165, 1.54) is 6.07 Å². The molecule has 1 N–H and O–H groups in total. The standard InChI is InChI=1S/C11H13FN2O/c12-10-7-9(8-15)1-2-11(10)14-5-3-13-4-6-14/h1-2,7-8,13H,3-6H2. The second kappa shape index (κ2) is 4.40.